The van der Waals surface area contributed by atoms with E-state index in [0.717, 1.165) is 0 Å². The topological polar surface area (TPSA) is 88.8 Å². The second kappa shape index (κ2) is 2.30. The molecule has 0 bridgehead atoms. The summed E-state index contributed by atoms with van der Waals surface area (Å²) in [4.78, 5) is 21.0. The number of nitrogens with one attached hydrogen (secondary N) is 1. The molecule has 0 aliphatic carbocycles. The van der Waals surface area contributed by atoms with Gasteiger partial charge in [0.2, 0.25) is 5.43 Å². The van der Waals surface area contributed by atoms with Crippen molar-refractivity contribution >= 4 is 5.91 Å². The maximum Gasteiger partial charge on any atom is 0.273 e. The molecule has 1 amide bonds. The molecule has 0 saturated heterocycles. The molecule has 0 atom stereocenters. The van der Waals surface area contributed by atoms with Gasteiger partial charge < -0.3 is 5.73 Å². The molecule has 0 spiro atoms. The third-order valence-electron chi connectivity index (χ3n) is 0.952. The Balaban J connectivity index is 3.29. The fourth-order valence-electron chi connectivity index (χ4n) is 0.525. The molecule has 52 valence electrons. The number of hydrogen-bond acceptors (Lipinski definition) is 3. The summed E-state index contributed by atoms with van der Waals surface area (Å²) in [5.74, 6) is -0.818. The van der Waals surface area contributed by atoms with E-state index in [9.17, 15) is 9.59 Å². The molecule has 0 unspecified atom stereocenters. The van der Waals surface area contributed by atoms with Crippen LogP contribution in [-0.4, -0.2) is 16.1 Å². The molecule has 1 aromatic rings. The standard InChI is InChI=1S/C5H5N3O2/c6-5(10)4-3(9)1-2-7-8-4/h1-2H,(H2,6,10)(H,7,9). The predicted molar refractivity (Wildman–Crippen MR) is 33.4 cm³/mol. The number of aromatic amines is 1. The molecule has 0 radical (unpaired) electrons. The Morgan fingerprint density at radius 1 is 1.70 bits per heavy atom. The van der Waals surface area contributed by atoms with Gasteiger partial charge >= 0.3 is 0 Å². The van der Waals surface area contributed by atoms with Crippen molar-refractivity contribution in [3.05, 3.63) is 28.2 Å². The lowest BCUT2D eigenvalue weighted by atomic mass is 10.4. The van der Waals surface area contributed by atoms with Crippen molar-refractivity contribution in [1.29, 1.82) is 0 Å². The van der Waals surface area contributed by atoms with Crippen molar-refractivity contribution in [2.24, 2.45) is 5.73 Å². The van der Waals surface area contributed by atoms with E-state index < -0.39 is 11.3 Å². The Labute approximate surface area is 55.9 Å². The number of aromatic nitrogens is 2. The minimum Gasteiger partial charge on any atom is -0.364 e. The van der Waals surface area contributed by atoms with Gasteiger partial charge in [0.15, 0.2) is 5.69 Å². The van der Waals surface area contributed by atoms with Crippen LogP contribution >= 0.6 is 0 Å². The van der Waals surface area contributed by atoms with Crippen LogP contribution in [0.25, 0.3) is 0 Å². The SMILES string of the molecule is NC(=O)c1n[nH]ccc1=O. The first-order valence-electron chi connectivity index (χ1n) is 2.55. The van der Waals surface area contributed by atoms with E-state index in [1.54, 1.807) is 0 Å². The van der Waals surface area contributed by atoms with Gasteiger partial charge in [-0.05, 0) is 0 Å². The van der Waals surface area contributed by atoms with Crippen LogP contribution in [0, 0.1) is 0 Å². The van der Waals surface area contributed by atoms with E-state index in [-0.39, 0.29) is 5.69 Å². The molecule has 1 heterocycles. The second-order valence-electron chi connectivity index (χ2n) is 1.65. The van der Waals surface area contributed by atoms with E-state index in [1.165, 1.54) is 12.3 Å². The van der Waals surface area contributed by atoms with Gasteiger partial charge in [-0.3, -0.25) is 14.7 Å². The lowest BCUT2D eigenvalue weighted by Gasteiger charge is -1.88. The molecule has 5 heteroatoms. The molecule has 0 saturated carbocycles. The molecule has 3 N–H and O–H groups in total. The third kappa shape index (κ3) is 1.02. The van der Waals surface area contributed by atoms with Crippen molar-refractivity contribution in [3.63, 3.8) is 0 Å². The molecular formula is C5H5N3O2. The highest BCUT2D eigenvalue weighted by Crippen LogP contribution is 1.76. The van der Waals surface area contributed by atoms with E-state index in [4.69, 9.17) is 5.73 Å². The summed E-state index contributed by atoms with van der Waals surface area (Å²) < 4.78 is 0. The minimum absolute atomic E-state index is 0.262. The fraction of sp³-hybridized carbons (Fsp3) is 0. The molecule has 1 rings (SSSR count). The summed E-state index contributed by atoms with van der Waals surface area (Å²) >= 11 is 0. The van der Waals surface area contributed by atoms with E-state index in [0.29, 0.717) is 0 Å². The van der Waals surface area contributed by atoms with Crippen LogP contribution in [0.2, 0.25) is 0 Å². The molecule has 0 aliphatic heterocycles. The second-order valence-corrected chi connectivity index (χ2v) is 1.65. The predicted octanol–water partition coefficient (Wildman–Crippen LogP) is -1.13. The number of carbonyl (C=O) groups is 1. The summed E-state index contributed by atoms with van der Waals surface area (Å²) in [6.45, 7) is 0. The molecular weight excluding hydrogens is 134 g/mol. The van der Waals surface area contributed by atoms with Crippen molar-refractivity contribution in [1.82, 2.24) is 10.2 Å². The number of nitrogens with two attached hydrogens (primary N) is 1. The first-order valence-corrected chi connectivity index (χ1v) is 2.55. The van der Waals surface area contributed by atoms with E-state index in [1.807, 2.05) is 0 Å². The Morgan fingerprint density at radius 3 is 2.80 bits per heavy atom. The summed E-state index contributed by atoms with van der Waals surface area (Å²) in [5.41, 5.74) is 4.07. The number of amides is 1. The Bertz CT molecular complexity index is 304. The Hall–Kier alpha value is -1.65. The van der Waals surface area contributed by atoms with Crippen LogP contribution in [0.15, 0.2) is 17.1 Å². The average Bonchev–Trinajstić information content (AvgIpc) is 1.88. The molecule has 5 nitrogen and oxygen atoms in total. The number of hydrogen-bond donors (Lipinski definition) is 2. The number of primary amides is 1. The largest absolute Gasteiger partial charge is 0.364 e. The van der Waals surface area contributed by atoms with Crippen LogP contribution in [0.4, 0.5) is 0 Å². The van der Waals surface area contributed by atoms with Gasteiger partial charge in [0, 0.05) is 12.3 Å². The maximum atomic E-state index is 10.7. The van der Waals surface area contributed by atoms with Gasteiger partial charge in [-0.1, -0.05) is 0 Å². The number of rotatable bonds is 1. The Kier molecular flexibility index (Phi) is 1.49. The van der Waals surface area contributed by atoms with Gasteiger partial charge in [0.25, 0.3) is 5.91 Å². The van der Waals surface area contributed by atoms with Crippen LogP contribution in [0.5, 0.6) is 0 Å². The highest BCUT2D eigenvalue weighted by molar-refractivity contribution is 5.90. The van der Waals surface area contributed by atoms with E-state index in [2.05, 4.69) is 10.2 Å². The zero-order valence-corrected chi connectivity index (χ0v) is 5.00. The van der Waals surface area contributed by atoms with Crippen molar-refractivity contribution < 1.29 is 4.79 Å². The van der Waals surface area contributed by atoms with Crippen molar-refractivity contribution in [2.75, 3.05) is 0 Å². The highest BCUT2D eigenvalue weighted by atomic mass is 16.2. The normalized spacial score (nSPS) is 9.20. The quantitative estimate of drug-likeness (QED) is 0.515. The molecule has 0 aliphatic rings. The summed E-state index contributed by atoms with van der Waals surface area (Å²) in [7, 11) is 0. The fourth-order valence-corrected chi connectivity index (χ4v) is 0.525. The van der Waals surface area contributed by atoms with Crippen molar-refractivity contribution in [2.45, 2.75) is 0 Å². The molecule has 1 aromatic heterocycles. The minimum atomic E-state index is -0.818. The molecule has 10 heavy (non-hydrogen) atoms. The Morgan fingerprint density at radius 2 is 2.40 bits per heavy atom. The monoisotopic (exact) mass is 139 g/mol. The van der Waals surface area contributed by atoms with Gasteiger partial charge in [0.1, 0.15) is 0 Å². The van der Waals surface area contributed by atoms with Gasteiger partial charge in [-0.2, -0.15) is 5.10 Å². The molecule has 0 aromatic carbocycles. The average molecular weight is 139 g/mol. The summed E-state index contributed by atoms with van der Waals surface area (Å²) in [6.07, 6.45) is 1.33. The van der Waals surface area contributed by atoms with E-state index >= 15 is 0 Å². The van der Waals surface area contributed by atoms with Gasteiger partial charge in [-0.25, -0.2) is 0 Å². The first kappa shape index (κ1) is 6.47. The highest BCUT2D eigenvalue weighted by Gasteiger charge is 2.04. The zero-order chi connectivity index (χ0) is 7.56. The summed E-state index contributed by atoms with van der Waals surface area (Å²) in [5, 5.41) is 5.70. The number of H-pyrrole nitrogens is 1. The van der Waals surface area contributed by atoms with Crippen LogP contribution in [0.3, 0.4) is 0 Å². The number of carbonyl (C=O) groups excluding carboxylic acids is 1. The number of nitrogens with zero attached hydrogens (tertiary/aromatic N) is 1. The third-order valence-corrected chi connectivity index (χ3v) is 0.952. The lowest BCUT2D eigenvalue weighted by molar-refractivity contribution is 0.0993. The summed E-state index contributed by atoms with van der Waals surface area (Å²) in [6, 6.07) is 1.19. The first-order chi connectivity index (χ1) is 4.72. The van der Waals surface area contributed by atoms with Crippen LogP contribution < -0.4 is 11.2 Å². The zero-order valence-electron chi connectivity index (χ0n) is 5.00. The van der Waals surface area contributed by atoms with Crippen LogP contribution in [-0.2, 0) is 0 Å². The van der Waals surface area contributed by atoms with Gasteiger partial charge in [0.05, 0.1) is 0 Å². The van der Waals surface area contributed by atoms with Crippen molar-refractivity contribution in [3.8, 4) is 0 Å². The lowest BCUT2D eigenvalue weighted by Crippen LogP contribution is -2.23. The van der Waals surface area contributed by atoms with Gasteiger partial charge in [-0.15, -0.1) is 0 Å². The molecule has 0 fully saturated rings. The maximum absolute atomic E-state index is 10.7. The smallest absolute Gasteiger partial charge is 0.273 e. The van der Waals surface area contributed by atoms with Crippen LogP contribution in [0.1, 0.15) is 10.5 Å².